The summed E-state index contributed by atoms with van der Waals surface area (Å²) in [6.45, 7) is 0. The second kappa shape index (κ2) is 7.12. The Hall–Kier alpha value is -3.29. The average Bonchev–Trinajstić information content (AvgIpc) is 3.09. The zero-order valence-corrected chi connectivity index (χ0v) is 12.1. The fraction of sp³-hybridized carbons (Fsp3) is 0.133. The van der Waals surface area contributed by atoms with Crippen LogP contribution in [0.5, 0.6) is 11.8 Å². The van der Waals surface area contributed by atoms with E-state index in [0.29, 0.717) is 24.3 Å². The van der Waals surface area contributed by atoms with E-state index in [9.17, 15) is 4.79 Å². The number of nitrogens with zero attached hydrogens (tertiary/aromatic N) is 4. The van der Waals surface area contributed by atoms with Crippen LogP contribution in [0.2, 0.25) is 0 Å². The summed E-state index contributed by atoms with van der Waals surface area (Å²) in [4.78, 5) is 16.0. The third kappa shape index (κ3) is 4.34. The Morgan fingerprint density at radius 3 is 2.78 bits per heavy atom. The number of carbonyl (C=O) groups excluding carboxylic acids is 1. The van der Waals surface area contributed by atoms with Gasteiger partial charge >= 0.3 is 6.01 Å². The van der Waals surface area contributed by atoms with Gasteiger partial charge in [-0.1, -0.05) is 16.3 Å². The van der Waals surface area contributed by atoms with E-state index in [1.54, 1.807) is 36.7 Å². The molecule has 0 saturated carbocycles. The quantitative estimate of drug-likeness (QED) is 0.721. The second-order valence-electron chi connectivity index (χ2n) is 4.73. The van der Waals surface area contributed by atoms with E-state index < -0.39 is 0 Å². The van der Waals surface area contributed by atoms with Crippen molar-refractivity contribution in [1.82, 2.24) is 25.6 Å². The number of amides is 1. The predicted octanol–water partition coefficient (Wildman–Crippen LogP) is 1.96. The topological polar surface area (TPSA) is 106 Å². The lowest BCUT2D eigenvalue weighted by atomic mass is 10.1. The van der Waals surface area contributed by atoms with Crippen molar-refractivity contribution in [3.8, 4) is 11.8 Å². The van der Waals surface area contributed by atoms with Gasteiger partial charge in [0.15, 0.2) is 0 Å². The Morgan fingerprint density at radius 1 is 1.22 bits per heavy atom. The van der Waals surface area contributed by atoms with Crippen LogP contribution in [0.25, 0.3) is 0 Å². The molecule has 0 fully saturated rings. The molecule has 3 rings (SSSR count). The number of ether oxygens (including phenoxy) is 1. The first-order valence-corrected chi connectivity index (χ1v) is 7.00. The van der Waals surface area contributed by atoms with Gasteiger partial charge in [-0.2, -0.15) is 5.21 Å². The molecule has 23 heavy (non-hydrogen) atoms. The van der Waals surface area contributed by atoms with Gasteiger partial charge in [0, 0.05) is 24.5 Å². The zero-order chi connectivity index (χ0) is 15.9. The predicted molar refractivity (Wildman–Crippen MR) is 81.9 cm³/mol. The minimum absolute atomic E-state index is 0.0549. The first kappa shape index (κ1) is 14.6. The van der Waals surface area contributed by atoms with E-state index in [0.717, 1.165) is 5.56 Å². The number of nitrogens with one attached hydrogen (secondary N) is 2. The van der Waals surface area contributed by atoms with Gasteiger partial charge < -0.3 is 10.1 Å². The van der Waals surface area contributed by atoms with Crippen LogP contribution in [0.4, 0.5) is 5.69 Å². The molecule has 8 nitrogen and oxygen atoms in total. The van der Waals surface area contributed by atoms with Crippen molar-refractivity contribution in [2.75, 3.05) is 5.32 Å². The monoisotopic (exact) mass is 310 g/mol. The second-order valence-corrected chi connectivity index (χ2v) is 4.73. The van der Waals surface area contributed by atoms with Gasteiger partial charge in [0.1, 0.15) is 5.75 Å². The van der Waals surface area contributed by atoms with Crippen LogP contribution in [0.3, 0.4) is 0 Å². The summed E-state index contributed by atoms with van der Waals surface area (Å²) in [5.41, 5.74) is 1.73. The number of aryl methyl sites for hydroxylation is 1. The highest BCUT2D eigenvalue weighted by Crippen LogP contribution is 2.19. The minimum Gasteiger partial charge on any atom is -0.422 e. The lowest BCUT2D eigenvalue weighted by Crippen LogP contribution is -2.12. The molecule has 3 aromatic rings. The Bertz CT molecular complexity index is 743. The van der Waals surface area contributed by atoms with Gasteiger partial charge in [-0.05, 0) is 47.5 Å². The molecule has 0 unspecified atom stereocenters. The van der Waals surface area contributed by atoms with Crippen LogP contribution in [-0.4, -0.2) is 31.5 Å². The molecule has 116 valence electrons. The van der Waals surface area contributed by atoms with E-state index >= 15 is 0 Å². The summed E-state index contributed by atoms with van der Waals surface area (Å²) in [5.74, 6) is 0.500. The first-order valence-electron chi connectivity index (χ1n) is 7.00. The van der Waals surface area contributed by atoms with Gasteiger partial charge in [0.05, 0.1) is 0 Å². The fourth-order valence-corrected chi connectivity index (χ4v) is 1.93. The smallest absolute Gasteiger partial charge is 0.361 e. The van der Waals surface area contributed by atoms with Gasteiger partial charge in [-0.15, -0.1) is 0 Å². The number of tetrazole rings is 1. The lowest BCUT2D eigenvalue weighted by Gasteiger charge is -2.06. The summed E-state index contributed by atoms with van der Waals surface area (Å²) in [6.07, 6.45) is 4.52. The van der Waals surface area contributed by atoms with Crippen LogP contribution in [0, 0.1) is 0 Å². The van der Waals surface area contributed by atoms with Crippen LogP contribution in [-0.2, 0) is 11.2 Å². The summed E-state index contributed by atoms with van der Waals surface area (Å²) in [5, 5.41) is 15.9. The van der Waals surface area contributed by atoms with Crippen molar-refractivity contribution in [1.29, 1.82) is 0 Å². The molecule has 1 amide bonds. The molecule has 1 aromatic carbocycles. The number of aromatic amines is 1. The van der Waals surface area contributed by atoms with E-state index in [4.69, 9.17) is 4.74 Å². The highest BCUT2D eigenvalue weighted by molar-refractivity contribution is 5.90. The Morgan fingerprint density at radius 2 is 2.09 bits per heavy atom. The molecule has 0 aliphatic rings. The van der Waals surface area contributed by atoms with Gasteiger partial charge in [-0.25, -0.2) is 0 Å². The maximum Gasteiger partial charge on any atom is 0.361 e. The zero-order valence-electron chi connectivity index (χ0n) is 12.1. The average molecular weight is 310 g/mol. The van der Waals surface area contributed by atoms with Crippen molar-refractivity contribution in [2.45, 2.75) is 12.8 Å². The molecular formula is C15H14N6O2. The van der Waals surface area contributed by atoms with E-state index in [2.05, 4.69) is 30.9 Å². The van der Waals surface area contributed by atoms with Crippen LogP contribution < -0.4 is 10.1 Å². The SMILES string of the molecule is O=C(CCc1cccnc1)Nc1ccc(Oc2nn[nH]n2)cc1. The van der Waals surface area contributed by atoms with Crippen LogP contribution in [0.15, 0.2) is 48.8 Å². The Labute approximate surface area is 131 Å². The normalized spacial score (nSPS) is 10.3. The molecule has 0 aliphatic carbocycles. The molecule has 0 radical (unpaired) electrons. The Balaban J connectivity index is 1.50. The molecule has 8 heteroatoms. The molecule has 0 spiro atoms. The van der Waals surface area contributed by atoms with Crippen molar-refractivity contribution in [3.63, 3.8) is 0 Å². The maximum absolute atomic E-state index is 11.9. The van der Waals surface area contributed by atoms with Gasteiger partial charge in [0.2, 0.25) is 5.91 Å². The number of rotatable bonds is 6. The van der Waals surface area contributed by atoms with Crippen LogP contribution in [0.1, 0.15) is 12.0 Å². The molecule has 0 aliphatic heterocycles. The van der Waals surface area contributed by atoms with E-state index in [1.807, 2.05) is 12.1 Å². The van der Waals surface area contributed by atoms with Crippen molar-refractivity contribution < 1.29 is 9.53 Å². The number of H-pyrrole nitrogens is 1. The van der Waals surface area contributed by atoms with E-state index in [-0.39, 0.29) is 11.9 Å². The number of hydrogen-bond acceptors (Lipinski definition) is 6. The first-order chi connectivity index (χ1) is 11.3. The molecular weight excluding hydrogens is 296 g/mol. The molecule has 2 N–H and O–H groups in total. The maximum atomic E-state index is 11.9. The molecule has 2 heterocycles. The number of carbonyl (C=O) groups is 1. The summed E-state index contributed by atoms with van der Waals surface area (Å²) >= 11 is 0. The Kier molecular flexibility index (Phi) is 4.53. The molecule has 0 atom stereocenters. The standard InChI is InChI=1S/C15H14N6O2/c22-14(8-3-11-2-1-9-16-10-11)17-12-4-6-13(7-5-12)23-15-18-20-21-19-15/h1-2,4-7,9-10H,3,8H2,(H,17,22)(H,18,19,20,21). The summed E-state index contributed by atoms with van der Waals surface area (Å²) in [7, 11) is 0. The summed E-state index contributed by atoms with van der Waals surface area (Å²) < 4.78 is 5.35. The van der Waals surface area contributed by atoms with Crippen molar-refractivity contribution in [3.05, 3.63) is 54.4 Å². The van der Waals surface area contributed by atoms with Crippen molar-refractivity contribution >= 4 is 11.6 Å². The third-order valence-electron chi connectivity index (χ3n) is 3.04. The van der Waals surface area contributed by atoms with Crippen molar-refractivity contribution in [2.24, 2.45) is 0 Å². The largest absolute Gasteiger partial charge is 0.422 e. The number of pyridine rings is 1. The minimum atomic E-state index is -0.0549. The fourth-order valence-electron chi connectivity index (χ4n) is 1.93. The lowest BCUT2D eigenvalue weighted by molar-refractivity contribution is -0.116. The van der Waals surface area contributed by atoms with Gasteiger partial charge in [-0.3, -0.25) is 9.78 Å². The molecule has 2 aromatic heterocycles. The summed E-state index contributed by atoms with van der Waals surface area (Å²) in [6, 6.07) is 10.9. The molecule has 0 saturated heterocycles. The number of benzene rings is 1. The number of anilines is 1. The number of aromatic nitrogens is 5. The number of hydrogen-bond donors (Lipinski definition) is 2. The molecule has 0 bridgehead atoms. The third-order valence-corrected chi connectivity index (χ3v) is 3.04. The highest BCUT2D eigenvalue weighted by atomic mass is 16.5. The van der Waals surface area contributed by atoms with Crippen LogP contribution >= 0.6 is 0 Å². The van der Waals surface area contributed by atoms with E-state index in [1.165, 1.54) is 0 Å². The highest BCUT2D eigenvalue weighted by Gasteiger charge is 2.05. The van der Waals surface area contributed by atoms with Gasteiger partial charge in [0.25, 0.3) is 0 Å².